The van der Waals surface area contributed by atoms with Crippen molar-refractivity contribution in [2.75, 3.05) is 19.7 Å². The van der Waals surface area contributed by atoms with Crippen molar-refractivity contribution in [3.05, 3.63) is 35.9 Å². The summed E-state index contributed by atoms with van der Waals surface area (Å²) in [6.45, 7) is -0.408. The third-order valence-electron chi connectivity index (χ3n) is 2.52. The average Bonchev–Trinajstić information content (AvgIpc) is 2.38. The Hall–Kier alpha value is -1.15. The molecule has 2 unspecified atom stereocenters. The highest BCUT2D eigenvalue weighted by Crippen LogP contribution is 2.19. The summed E-state index contributed by atoms with van der Waals surface area (Å²) in [6.07, 6.45) is -8.01. The number of ether oxygens (including phenoxy) is 1. The van der Waals surface area contributed by atoms with E-state index in [0.29, 0.717) is 6.61 Å². The van der Waals surface area contributed by atoms with Crippen molar-refractivity contribution in [1.29, 1.82) is 0 Å². The monoisotopic (exact) mass is 293 g/mol. The van der Waals surface area contributed by atoms with Crippen molar-refractivity contribution in [3.8, 4) is 0 Å². The van der Waals surface area contributed by atoms with Crippen LogP contribution in [0.3, 0.4) is 0 Å². The van der Waals surface area contributed by atoms with Crippen LogP contribution in [0, 0.1) is 0 Å². The van der Waals surface area contributed by atoms with Crippen molar-refractivity contribution >= 4 is 0 Å². The fourth-order valence-electron chi connectivity index (χ4n) is 1.45. The van der Waals surface area contributed by atoms with Crippen molar-refractivity contribution in [2.24, 2.45) is 0 Å². The van der Waals surface area contributed by atoms with E-state index in [4.69, 9.17) is 9.84 Å². The summed E-state index contributed by atoms with van der Waals surface area (Å²) in [4.78, 5) is 0. The van der Waals surface area contributed by atoms with Crippen molar-refractivity contribution < 1.29 is 28.1 Å². The molecule has 0 radical (unpaired) electrons. The second kappa shape index (κ2) is 8.21. The SMILES string of the molecule is OC(CNCC(O)C(F)(F)F)COCc1ccccc1. The van der Waals surface area contributed by atoms with Gasteiger partial charge in [0.1, 0.15) is 0 Å². The van der Waals surface area contributed by atoms with E-state index in [2.05, 4.69) is 5.32 Å². The van der Waals surface area contributed by atoms with Crippen molar-refractivity contribution in [2.45, 2.75) is 25.0 Å². The maximum absolute atomic E-state index is 12.0. The number of rotatable bonds is 8. The van der Waals surface area contributed by atoms with Crippen LogP contribution < -0.4 is 5.32 Å². The Bertz CT molecular complexity index is 373. The van der Waals surface area contributed by atoms with Crippen molar-refractivity contribution in [1.82, 2.24) is 5.32 Å². The molecule has 0 amide bonds. The third kappa shape index (κ3) is 6.85. The molecule has 7 heteroatoms. The fourth-order valence-corrected chi connectivity index (χ4v) is 1.45. The van der Waals surface area contributed by atoms with Crippen molar-refractivity contribution in [3.63, 3.8) is 0 Å². The lowest BCUT2D eigenvalue weighted by Gasteiger charge is -2.17. The Morgan fingerprint density at radius 3 is 2.35 bits per heavy atom. The van der Waals surface area contributed by atoms with Gasteiger partial charge in [0, 0.05) is 13.1 Å². The lowest BCUT2D eigenvalue weighted by atomic mass is 10.2. The van der Waals surface area contributed by atoms with Crippen LogP contribution in [0.25, 0.3) is 0 Å². The molecule has 114 valence electrons. The van der Waals surface area contributed by atoms with Crippen LogP contribution in [0.15, 0.2) is 30.3 Å². The molecule has 0 saturated heterocycles. The summed E-state index contributed by atoms with van der Waals surface area (Å²) in [5, 5.41) is 20.6. The second-order valence-corrected chi connectivity index (χ2v) is 4.37. The minimum Gasteiger partial charge on any atom is -0.389 e. The minimum atomic E-state index is -4.65. The van der Waals surface area contributed by atoms with E-state index >= 15 is 0 Å². The summed E-state index contributed by atoms with van der Waals surface area (Å²) in [7, 11) is 0. The first kappa shape index (κ1) is 16.9. The molecule has 0 aliphatic heterocycles. The number of alkyl halides is 3. The molecule has 1 rings (SSSR count). The van der Waals surface area contributed by atoms with E-state index in [1.54, 1.807) is 0 Å². The maximum Gasteiger partial charge on any atom is 0.415 e. The molecular weight excluding hydrogens is 275 g/mol. The maximum atomic E-state index is 12.0. The second-order valence-electron chi connectivity index (χ2n) is 4.37. The van der Waals surface area contributed by atoms with Gasteiger partial charge in [-0.1, -0.05) is 30.3 Å². The van der Waals surface area contributed by atoms with E-state index < -0.39 is 24.9 Å². The number of halogens is 3. The van der Waals surface area contributed by atoms with Gasteiger partial charge in [-0.2, -0.15) is 13.2 Å². The number of hydrogen-bond acceptors (Lipinski definition) is 4. The minimum absolute atomic E-state index is 0.00398. The van der Waals surface area contributed by atoms with Crippen LogP contribution in [0.2, 0.25) is 0 Å². The zero-order chi connectivity index (χ0) is 15.0. The molecule has 0 saturated carbocycles. The molecular formula is C13H18F3NO3. The zero-order valence-corrected chi connectivity index (χ0v) is 10.8. The Balaban J connectivity index is 2.10. The van der Waals surface area contributed by atoms with Crippen LogP contribution in [-0.4, -0.2) is 48.3 Å². The Kier molecular flexibility index (Phi) is 6.94. The van der Waals surface area contributed by atoms with Gasteiger partial charge in [-0.3, -0.25) is 0 Å². The van der Waals surface area contributed by atoms with Gasteiger partial charge in [0.15, 0.2) is 6.10 Å². The highest BCUT2D eigenvalue weighted by molar-refractivity contribution is 5.13. The molecule has 0 bridgehead atoms. The van der Waals surface area contributed by atoms with Crippen LogP contribution in [0.4, 0.5) is 13.2 Å². The summed E-state index contributed by atoms with van der Waals surface area (Å²) >= 11 is 0. The number of aliphatic hydroxyl groups is 2. The van der Waals surface area contributed by atoms with Gasteiger partial charge in [-0.25, -0.2) is 0 Å². The zero-order valence-electron chi connectivity index (χ0n) is 10.8. The van der Waals surface area contributed by atoms with E-state index in [0.717, 1.165) is 5.56 Å². The summed E-state index contributed by atoms with van der Waals surface area (Å²) in [5.74, 6) is 0. The molecule has 1 aromatic rings. The molecule has 2 atom stereocenters. The molecule has 0 spiro atoms. The predicted molar refractivity (Wildman–Crippen MR) is 67.0 cm³/mol. The van der Waals surface area contributed by atoms with E-state index in [9.17, 15) is 18.3 Å². The molecule has 0 heterocycles. The smallest absolute Gasteiger partial charge is 0.389 e. The summed E-state index contributed by atoms with van der Waals surface area (Å²) in [5.41, 5.74) is 0.945. The largest absolute Gasteiger partial charge is 0.415 e. The highest BCUT2D eigenvalue weighted by atomic mass is 19.4. The normalized spacial score (nSPS) is 15.1. The molecule has 20 heavy (non-hydrogen) atoms. The number of aliphatic hydroxyl groups excluding tert-OH is 2. The summed E-state index contributed by atoms with van der Waals surface area (Å²) in [6, 6.07) is 9.31. The predicted octanol–water partition coefficient (Wildman–Crippen LogP) is 1.08. The standard InChI is InChI=1S/C13H18F3NO3/c14-13(15,16)12(19)7-17-6-11(18)9-20-8-10-4-2-1-3-5-10/h1-5,11-12,17-19H,6-9H2. The molecule has 4 nitrogen and oxygen atoms in total. The van der Waals surface area contributed by atoms with E-state index in [1.807, 2.05) is 30.3 Å². The fraction of sp³-hybridized carbons (Fsp3) is 0.538. The van der Waals surface area contributed by atoms with Gasteiger partial charge in [-0.05, 0) is 5.56 Å². The topological polar surface area (TPSA) is 61.7 Å². The Morgan fingerprint density at radius 2 is 1.75 bits per heavy atom. The first-order chi connectivity index (χ1) is 9.39. The van der Waals surface area contributed by atoms with E-state index in [-0.39, 0.29) is 13.2 Å². The number of nitrogens with one attached hydrogen (secondary N) is 1. The quantitative estimate of drug-likeness (QED) is 0.671. The van der Waals surface area contributed by atoms with Gasteiger partial charge in [0.05, 0.1) is 19.3 Å². The van der Waals surface area contributed by atoms with Crippen LogP contribution >= 0.6 is 0 Å². The van der Waals surface area contributed by atoms with Gasteiger partial charge in [0.2, 0.25) is 0 Å². The molecule has 0 fully saturated rings. The molecule has 0 aliphatic carbocycles. The number of hydrogen-bond donors (Lipinski definition) is 3. The molecule has 1 aromatic carbocycles. The first-order valence-electron chi connectivity index (χ1n) is 6.15. The lowest BCUT2D eigenvalue weighted by Crippen LogP contribution is -2.41. The number of benzene rings is 1. The van der Waals surface area contributed by atoms with Crippen LogP contribution in [0.1, 0.15) is 5.56 Å². The molecule has 0 aliphatic rings. The highest BCUT2D eigenvalue weighted by Gasteiger charge is 2.37. The van der Waals surface area contributed by atoms with Gasteiger partial charge < -0.3 is 20.3 Å². The third-order valence-corrected chi connectivity index (χ3v) is 2.52. The van der Waals surface area contributed by atoms with Gasteiger partial charge in [0.25, 0.3) is 0 Å². The van der Waals surface area contributed by atoms with E-state index in [1.165, 1.54) is 0 Å². The molecule has 3 N–H and O–H groups in total. The van der Waals surface area contributed by atoms with Crippen LogP contribution in [-0.2, 0) is 11.3 Å². The van der Waals surface area contributed by atoms with Crippen LogP contribution in [0.5, 0.6) is 0 Å². The first-order valence-corrected chi connectivity index (χ1v) is 6.15. The molecule has 0 aromatic heterocycles. The average molecular weight is 293 g/mol. The summed E-state index contributed by atoms with van der Waals surface area (Å²) < 4.78 is 41.2. The lowest BCUT2D eigenvalue weighted by molar-refractivity contribution is -0.202. The van der Waals surface area contributed by atoms with Gasteiger partial charge >= 0.3 is 6.18 Å². The Morgan fingerprint density at radius 1 is 1.10 bits per heavy atom. The Labute approximate surface area is 115 Å². The van der Waals surface area contributed by atoms with Gasteiger partial charge in [-0.15, -0.1) is 0 Å².